The van der Waals surface area contributed by atoms with Crippen molar-refractivity contribution in [3.8, 4) is 0 Å². The van der Waals surface area contributed by atoms with Gasteiger partial charge in [-0.1, -0.05) is 17.7 Å². The van der Waals surface area contributed by atoms with Crippen LogP contribution in [0.3, 0.4) is 0 Å². The van der Waals surface area contributed by atoms with Crippen LogP contribution in [0.2, 0.25) is 5.02 Å². The second-order valence-corrected chi connectivity index (χ2v) is 8.68. The zero-order valence-corrected chi connectivity index (χ0v) is 14.4. The molecule has 1 aromatic carbocycles. The molecule has 118 valence electrons. The van der Waals surface area contributed by atoms with Gasteiger partial charge in [0.2, 0.25) is 0 Å². The zero-order chi connectivity index (χ0) is 16.3. The number of hydrogen-bond acceptors (Lipinski definition) is 4. The van der Waals surface area contributed by atoms with E-state index in [9.17, 15) is 13.2 Å². The largest absolute Gasteiger partial charge is 0.347 e. The van der Waals surface area contributed by atoms with Gasteiger partial charge >= 0.3 is 0 Å². The number of rotatable bonds is 5. The fourth-order valence-corrected chi connectivity index (χ4v) is 4.33. The van der Waals surface area contributed by atoms with Crippen LogP contribution >= 0.6 is 22.9 Å². The smallest absolute Gasteiger partial charge is 0.252 e. The number of thiophene rings is 1. The number of halogens is 1. The van der Waals surface area contributed by atoms with Crippen molar-refractivity contribution in [2.45, 2.75) is 10.8 Å². The molecule has 0 saturated carbocycles. The van der Waals surface area contributed by atoms with Gasteiger partial charge in [-0.05, 0) is 30.3 Å². The van der Waals surface area contributed by atoms with E-state index in [4.69, 9.17) is 11.6 Å². The number of carbonyl (C=O) groups is 1. The predicted octanol–water partition coefficient (Wildman–Crippen LogP) is 2.58. The summed E-state index contributed by atoms with van der Waals surface area (Å²) < 4.78 is 25.4. The van der Waals surface area contributed by atoms with E-state index in [2.05, 4.69) is 5.32 Å². The molecular weight excluding hydrogens is 344 g/mol. The first-order valence-corrected chi connectivity index (χ1v) is 8.99. The second-order valence-electron chi connectivity index (χ2n) is 4.70. The van der Waals surface area contributed by atoms with Crippen molar-refractivity contribution >= 4 is 38.9 Å². The fourth-order valence-electron chi connectivity index (χ4n) is 1.67. The highest BCUT2D eigenvalue weighted by atomic mass is 35.5. The van der Waals surface area contributed by atoms with Crippen LogP contribution in [0.1, 0.15) is 15.2 Å². The van der Waals surface area contributed by atoms with E-state index >= 15 is 0 Å². The summed E-state index contributed by atoms with van der Waals surface area (Å²) in [5.74, 6) is -0.257. The van der Waals surface area contributed by atoms with Gasteiger partial charge in [-0.15, -0.1) is 11.3 Å². The highest BCUT2D eigenvalue weighted by Gasteiger charge is 2.19. The van der Waals surface area contributed by atoms with Gasteiger partial charge in [-0.25, -0.2) is 12.7 Å². The van der Waals surface area contributed by atoms with Gasteiger partial charge in [-0.2, -0.15) is 0 Å². The summed E-state index contributed by atoms with van der Waals surface area (Å²) in [6.07, 6.45) is 0. The van der Waals surface area contributed by atoms with E-state index in [1.165, 1.54) is 14.1 Å². The molecule has 2 aromatic rings. The van der Waals surface area contributed by atoms with E-state index < -0.39 is 10.0 Å². The Balaban J connectivity index is 2.04. The summed E-state index contributed by atoms with van der Waals surface area (Å²) in [6, 6.07) is 9.87. The quantitative estimate of drug-likeness (QED) is 0.893. The lowest BCUT2D eigenvalue weighted by Gasteiger charge is -2.08. The molecular formula is C14H15ClN2O3S2. The molecule has 1 aromatic heterocycles. The summed E-state index contributed by atoms with van der Waals surface area (Å²) in [6.45, 7) is 0.263. The third kappa shape index (κ3) is 3.86. The van der Waals surface area contributed by atoms with E-state index in [1.54, 1.807) is 36.4 Å². The Bertz CT molecular complexity index is 785. The van der Waals surface area contributed by atoms with Gasteiger partial charge in [0, 0.05) is 29.6 Å². The third-order valence-corrected chi connectivity index (χ3v) is 6.48. The molecule has 0 unspecified atom stereocenters. The van der Waals surface area contributed by atoms with Crippen LogP contribution in [0.15, 0.2) is 40.6 Å². The van der Waals surface area contributed by atoms with E-state index in [0.29, 0.717) is 10.6 Å². The molecule has 8 heteroatoms. The zero-order valence-electron chi connectivity index (χ0n) is 12.0. The molecule has 22 heavy (non-hydrogen) atoms. The number of sulfonamides is 1. The molecule has 5 nitrogen and oxygen atoms in total. The second kappa shape index (κ2) is 6.78. The molecule has 0 atom stereocenters. The standard InChI is InChI=1S/C14H15ClN2O3S2/c1-17(2)22(19,20)13-7-6-12(21-13)9-16-14(18)10-4-3-5-11(15)8-10/h3-8H,9H2,1-2H3,(H,16,18). The third-order valence-electron chi connectivity index (χ3n) is 2.88. The van der Waals surface area contributed by atoms with E-state index in [1.807, 2.05) is 0 Å². The Labute approximate surface area is 138 Å². The summed E-state index contributed by atoms with van der Waals surface area (Å²) in [5.41, 5.74) is 0.463. The first-order chi connectivity index (χ1) is 10.3. The topological polar surface area (TPSA) is 66.5 Å². The van der Waals surface area contributed by atoms with Crippen molar-refractivity contribution in [1.82, 2.24) is 9.62 Å². The van der Waals surface area contributed by atoms with Crippen molar-refractivity contribution in [3.05, 3.63) is 51.9 Å². The molecule has 1 amide bonds. The minimum absolute atomic E-state index is 0.254. The van der Waals surface area contributed by atoms with Gasteiger partial charge in [0.1, 0.15) is 4.21 Å². The molecule has 0 bridgehead atoms. The highest BCUT2D eigenvalue weighted by Crippen LogP contribution is 2.23. The molecule has 0 aliphatic carbocycles. The molecule has 2 rings (SSSR count). The fraction of sp³-hybridized carbons (Fsp3) is 0.214. The Morgan fingerprint density at radius 3 is 2.64 bits per heavy atom. The van der Waals surface area contributed by atoms with Crippen LogP contribution in [-0.2, 0) is 16.6 Å². The van der Waals surface area contributed by atoms with Gasteiger partial charge in [0.15, 0.2) is 0 Å². The van der Waals surface area contributed by atoms with Crippen LogP contribution in [0.4, 0.5) is 0 Å². The van der Waals surface area contributed by atoms with Crippen molar-refractivity contribution in [1.29, 1.82) is 0 Å². The van der Waals surface area contributed by atoms with Crippen LogP contribution < -0.4 is 5.32 Å². The van der Waals surface area contributed by atoms with Crippen molar-refractivity contribution in [3.63, 3.8) is 0 Å². The number of nitrogens with zero attached hydrogens (tertiary/aromatic N) is 1. The van der Waals surface area contributed by atoms with Crippen molar-refractivity contribution < 1.29 is 13.2 Å². The van der Waals surface area contributed by atoms with Gasteiger partial charge in [0.05, 0.1) is 6.54 Å². The van der Waals surface area contributed by atoms with E-state index in [-0.39, 0.29) is 16.7 Å². The Morgan fingerprint density at radius 1 is 1.27 bits per heavy atom. The van der Waals surface area contributed by atoms with Crippen LogP contribution in [0, 0.1) is 0 Å². The first-order valence-electron chi connectivity index (χ1n) is 6.35. The molecule has 0 radical (unpaired) electrons. The monoisotopic (exact) mass is 358 g/mol. The van der Waals surface area contributed by atoms with Gasteiger partial charge in [-0.3, -0.25) is 4.79 Å². The molecule has 1 heterocycles. The molecule has 0 spiro atoms. The average molecular weight is 359 g/mol. The molecule has 0 fully saturated rings. The molecule has 1 N–H and O–H groups in total. The lowest BCUT2D eigenvalue weighted by atomic mass is 10.2. The van der Waals surface area contributed by atoms with E-state index in [0.717, 1.165) is 20.5 Å². The first kappa shape index (κ1) is 17.0. The maximum absolute atomic E-state index is 12.0. The predicted molar refractivity (Wildman–Crippen MR) is 87.8 cm³/mol. The minimum Gasteiger partial charge on any atom is -0.347 e. The normalized spacial score (nSPS) is 11.6. The number of amides is 1. The Morgan fingerprint density at radius 2 is 2.00 bits per heavy atom. The summed E-state index contributed by atoms with van der Waals surface area (Å²) in [5, 5.41) is 3.23. The summed E-state index contributed by atoms with van der Waals surface area (Å²) >= 11 is 6.98. The van der Waals surface area contributed by atoms with Crippen molar-refractivity contribution in [2.75, 3.05) is 14.1 Å². The Kier molecular flexibility index (Phi) is 5.23. The number of nitrogens with one attached hydrogen (secondary N) is 1. The lowest BCUT2D eigenvalue weighted by molar-refractivity contribution is 0.0951. The summed E-state index contributed by atoms with van der Waals surface area (Å²) in [7, 11) is -0.467. The maximum Gasteiger partial charge on any atom is 0.252 e. The number of hydrogen-bond donors (Lipinski definition) is 1. The Hall–Kier alpha value is -1.41. The molecule has 0 aliphatic heterocycles. The van der Waals surface area contributed by atoms with Gasteiger partial charge in [0.25, 0.3) is 15.9 Å². The molecule has 0 aliphatic rings. The SMILES string of the molecule is CN(C)S(=O)(=O)c1ccc(CNC(=O)c2cccc(Cl)c2)s1. The number of benzene rings is 1. The summed E-state index contributed by atoms with van der Waals surface area (Å²) in [4.78, 5) is 12.8. The average Bonchev–Trinajstić information content (AvgIpc) is 2.94. The van der Waals surface area contributed by atoms with Gasteiger partial charge < -0.3 is 5.32 Å². The van der Waals surface area contributed by atoms with Crippen LogP contribution in [0.25, 0.3) is 0 Å². The molecule has 0 saturated heterocycles. The van der Waals surface area contributed by atoms with Crippen LogP contribution in [0.5, 0.6) is 0 Å². The maximum atomic E-state index is 12.0. The van der Waals surface area contributed by atoms with Crippen LogP contribution in [-0.4, -0.2) is 32.7 Å². The minimum atomic E-state index is -3.43. The lowest BCUT2D eigenvalue weighted by Crippen LogP contribution is -2.22. The van der Waals surface area contributed by atoms with Crippen molar-refractivity contribution in [2.24, 2.45) is 0 Å². The number of carbonyl (C=O) groups excluding carboxylic acids is 1. The highest BCUT2D eigenvalue weighted by molar-refractivity contribution is 7.91.